The zero-order valence-corrected chi connectivity index (χ0v) is 15.3. The van der Waals surface area contributed by atoms with Gasteiger partial charge in [-0.05, 0) is 48.8 Å². The fourth-order valence-electron chi connectivity index (χ4n) is 2.74. The molecule has 0 aliphatic carbocycles. The summed E-state index contributed by atoms with van der Waals surface area (Å²) in [5, 5.41) is 0.703. The Morgan fingerprint density at radius 2 is 1.93 bits per heavy atom. The first-order valence-electron chi connectivity index (χ1n) is 8.58. The monoisotopic (exact) mass is 360 g/mol. The molecule has 27 heavy (non-hydrogen) atoms. The van der Waals surface area contributed by atoms with Gasteiger partial charge in [-0.15, -0.1) is 0 Å². The Morgan fingerprint density at radius 3 is 2.63 bits per heavy atom. The molecule has 4 heteroatoms. The number of carbonyl (C=O) groups is 1. The Morgan fingerprint density at radius 1 is 1.19 bits per heavy atom. The highest BCUT2D eigenvalue weighted by molar-refractivity contribution is 6.15. The number of allylic oxidation sites excluding steroid dienone is 1. The summed E-state index contributed by atoms with van der Waals surface area (Å²) in [6, 6.07) is 14.4. The van der Waals surface area contributed by atoms with Crippen LogP contribution in [0.25, 0.3) is 17.0 Å². The minimum atomic E-state index is -0.502. The molecule has 0 saturated carbocycles. The van der Waals surface area contributed by atoms with Crippen LogP contribution in [0.3, 0.4) is 0 Å². The van der Waals surface area contributed by atoms with Crippen LogP contribution in [-0.2, 0) is 0 Å². The van der Waals surface area contributed by atoms with Gasteiger partial charge in [0, 0.05) is 11.5 Å². The van der Waals surface area contributed by atoms with E-state index in [1.807, 2.05) is 44.2 Å². The highest BCUT2D eigenvalue weighted by Gasteiger charge is 2.19. The third kappa shape index (κ3) is 4.23. The van der Waals surface area contributed by atoms with Crippen molar-refractivity contribution < 1.29 is 13.9 Å². The fourth-order valence-corrected chi connectivity index (χ4v) is 2.74. The summed E-state index contributed by atoms with van der Waals surface area (Å²) < 4.78 is 11.1. The van der Waals surface area contributed by atoms with Gasteiger partial charge in [0.15, 0.2) is 11.4 Å². The van der Waals surface area contributed by atoms with Gasteiger partial charge >= 0.3 is 5.63 Å². The predicted octanol–water partition coefficient (Wildman–Crippen LogP) is 4.95. The molecule has 0 atom stereocenters. The first-order valence-corrected chi connectivity index (χ1v) is 8.58. The van der Waals surface area contributed by atoms with Crippen LogP contribution in [0.5, 0.6) is 5.75 Å². The third-order valence-electron chi connectivity index (χ3n) is 4.03. The lowest BCUT2D eigenvalue weighted by atomic mass is 10.0. The summed E-state index contributed by atoms with van der Waals surface area (Å²) in [4.78, 5) is 24.9. The normalized spacial score (nSPS) is 11.0. The lowest BCUT2D eigenvalue weighted by molar-refractivity contribution is 0.104. The van der Waals surface area contributed by atoms with Crippen molar-refractivity contribution in [2.75, 3.05) is 6.61 Å². The number of rotatable bonds is 6. The molecule has 136 valence electrons. The van der Waals surface area contributed by atoms with Crippen LogP contribution in [-0.4, -0.2) is 12.4 Å². The number of fused-ring (bicyclic) bond motifs is 1. The molecule has 0 N–H and O–H groups in total. The molecule has 3 aromatic rings. The average molecular weight is 360 g/mol. The van der Waals surface area contributed by atoms with Crippen molar-refractivity contribution in [1.82, 2.24) is 0 Å². The zero-order chi connectivity index (χ0) is 19.4. The molecular formula is C23H20O4. The van der Waals surface area contributed by atoms with Crippen molar-refractivity contribution in [2.24, 2.45) is 0 Å². The quantitative estimate of drug-likeness (QED) is 0.270. The van der Waals surface area contributed by atoms with E-state index >= 15 is 0 Å². The molecule has 3 rings (SSSR count). The summed E-state index contributed by atoms with van der Waals surface area (Å²) in [5.74, 6) is 0.0666. The van der Waals surface area contributed by atoms with E-state index in [1.54, 1.807) is 18.2 Å². The van der Waals surface area contributed by atoms with Gasteiger partial charge in [0.1, 0.15) is 17.9 Å². The van der Waals surface area contributed by atoms with Crippen LogP contribution in [0.4, 0.5) is 0 Å². The number of hydrogen-bond acceptors (Lipinski definition) is 4. The van der Waals surface area contributed by atoms with Crippen LogP contribution >= 0.6 is 0 Å². The van der Waals surface area contributed by atoms with Gasteiger partial charge in [0.2, 0.25) is 0 Å². The fraction of sp³-hybridized carbons (Fsp3) is 0.130. The number of benzene rings is 2. The van der Waals surface area contributed by atoms with Gasteiger partial charge in [0.05, 0.1) is 0 Å². The largest absolute Gasteiger partial charge is 0.488 e. The van der Waals surface area contributed by atoms with E-state index in [9.17, 15) is 9.59 Å². The molecule has 0 fully saturated rings. The molecule has 4 nitrogen and oxygen atoms in total. The number of ether oxygens (including phenoxy) is 1. The topological polar surface area (TPSA) is 56.5 Å². The second kappa shape index (κ2) is 7.87. The van der Waals surface area contributed by atoms with Gasteiger partial charge in [0.25, 0.3) is 0 Å². The molecule has 0 radical (unpaired) electrons. The average Bonchev–Trinajstić information content (AvgIpc) is 2.64. The molecule has 1 heterocycles. The number of aryl methyl sites for hydroxylation is 1. The van der Waals surface area contributed by atoms with Gasteiger partial charge < -0.3 is 9.15 Å². The van der Waals surface area contributed by atoms with Crippen LogP contribution in [0.1, 0.15) is 28.4 Å². The van der Waals surface area contributed by atoms with E-state index in [4.69, 9.17) is 9.15 Å². The number of carbonyl (C=O) groups excluding carboxylic acids is 1. The third-order valence-corrected chi connectivity index (χ3v) is 4.03. The first kappa shape index (κ1) is 18.4. The van der Waals surface area contributed by atoms with Gasteiger partial charge in [-0.25, -0.2) is 4.79 Å². The Hall–Kier alpha value is -3.40. The molecular weight excluding hydrogens is 340 g/mol. The standard InChI is InChI=1S/C23H20O4/c1-15(2)14-26-20-12-10-18-16(3)13-21(25)27-23(18)22(20)19(24)11-9-17-7-5-4-6-8-17/h4-13H,1,14H2,2-3H3/b11-9+. The predicted molar refractivity (Wildman–Crippen MR) is 107 cm³/mol. The second-order valence-corrected chi connectivity index (χ2v) is 6.42. The van der Waals surface area contributed by atoms with Crippen molar-refractivity contribution >= 4 is 22.8 Å². The maximum atomic E-state index is 13.0. The summed E-state index contributed by atoms with van der Waals surface area (Å²) in [6.45, 7) is 7.72. The SMILES string of the molecule is C=C(C)COc1ccc2c(C)cc(=O)oc2c1C(=O)/C=C/c1ccccc1. The van der Waals surface area contributed by atoms with E-state index in [-0.39, 0.29) is 23.5 Å². The summed E-state index contributed by atoms with van der Waals surface area (Å²) >= 11 is 0. The second-order valence-electron chi connectivity index (χ2n) is 6.42. The van der Waals surface area contributed by atoms with E-state index in [1.165, 1.54) is 12.1 Å². The van der Waals surface area contributed by atoms with E-state index < -0.39 is 5.63 Å². The van der Waals surface area contributed by atoms with Crippen molar-refractivity contribution in [3.05, 3.63) is 93.9 Å². The number of hydrogen-bond donors (Lipinski definition) is 0. The van der Waals surface area contributed by atoms with Gasteiger partial charge in [-0.1, -0.05) is 43.0 Å². The van der Waals surface area contributed by atoms with Crippen LogP contribution in [0, 0.1) is 6.92 Å². The molecule has 1 aromatic heterocycles. The van der Waals surface area contributed by atoms with Gasteiger partial charge in [-0.2, -0.15) is 0 Å². The van der Waals surface area contributed by atoms with Crippen LogP contribution in [0.2, 0.25) is 0 Å². The first-order chi connectivity index (χ1) is 13.0. The molecule has 0 bridgehead atoms. The molecule has 0 amide bonds. The Bertz CT molecular complexity index is 1090. The molecule has 0 saturated heterocycles. The minimum Gasteiger partial charge on any atom is -0.488 e. The number of ketones is 1. The summed E-state index contributed by atoms with van der Waals surface area (Å²) in [6.07, 6.45) is 3.18. The summed E-state index contributed by atoms with van der Waals surface area (Å²) in [7, 11) is 0. The lowest BCUT2D eigenvalue weighted by Gasteiger charge is -2.12. The van der Waals surface area contributed by atoms with E-state index in [2.05, 4.69) is 6.58 Å². The van der Waals surface area contributed by atoms with Crippen LogP contribution < -0.4 is 10.4 Å². The van der Waals surface area contributed by atoms with Crippen LogP contribution in [0.15, 0.2) is 76.0 Å². The maximum absolute atomic E-state index is 13.0. The lowest BCUT2D eigenvalue weighted by Crippen LogP contribution is -2.07. The zero-order valence-electron chi connectivity index (χ0n) is 15.3. The molecule has 2 aromatic carbocycles. The Balaban J connectivity index is 2.12. The van der Waals surface area contributed by atoms with Crippen molar-refractivity contribution in [3.63, 3.8) is 0 Å². The van der Waals surface area contributed by atoms with E-state index in [0.29, 0.717) is 11.1 Å². The van der Waals surface area contributed by atoms with Crippen molar-refractivity contribution in [3.8, 4) is 5.75 Å². The van der Waals surface area contributed by atoms with Crippen molar-refractivity contribution in [1.29, 1.82) is 0 Å². The highest BCUT2D eigenvalue weighted by atomic mass is 16.5. The van der Waals surface area contributed by atoms with E-state index in [0.717, 1.165) is 16.7 Å². The Labute approximate surface area is 157 Å². The molecule has 0 aliphatic heterocycles. The summed E-state index contributed by atoms with van der Waals surface area (Å²) in [5.41, 5.74) is 2.43. The van der Waals surface area contributed by atoms with Crippen molar-refractivity contribution in [2.45, 2.75) is 13.8 Å². The molecule has 0 unspecified atom stereocenters. The maximum Gasteiger partial charge on any atom is 0.336 e. The minimum absolute atomic E-state index is 0.238. The molecule has 0 spiro atoms. The highest BCUT2D eigenvalue weighted by Crippen LogP contribution is 2.30. The Kier molecular flexibility index (Phi) is 5.36. The smallest absolute Gasteiger partial charge is 0.336 e. The van der Waals surface area contributed by atoms with Gasteiger partial charge in [-0.3, -0.25) is 4.79 Å². The molecule has 0 aliphatic rings.